The smallest absolute Gasteiger partial charge is 0.216 e. The van der Waals surface area contributed by atoms with E-state index in [0.29, 0.717) is 13.2 Å². The Hall–Kier alpha value is -0.170. The third-order valence-electron chi connectivity index (χ3n) is 3.31. The summed E-state index contributed by atoms with van der Waals surface area (Å²) in [6.45, 7) is 1.13. The van der Waals surface area contributed by atoms with Crippen LogP contribution >= 0.6 is 0 Å². The summed E-state index contributed by atoms with van der Waals surface area (Å²) in [5, 5.41) is 9.12. The molecular formula is C10H19NO4S. The normalized spacial score (nSPS) is 32.3. The van der Waals surface area contributed by atoms with E-state index in [0.717, 1.165) is 25.7 Å². The van der Waals surface area contributed by atoms with Gasteiger partial charge in [-0.2, -0.15) is 4.31 Å². The Kier molecular flexibility index (Phi) is 3.84. The number of sulfonamides is 1. The highest BCUT2D eigenvalue weighted by Gasteiger charge is 2.35. The zero-order chi connectivity index (χ0) is 11.6. The topological polar surface area (TPSA) is 66.8 Å². The van der Waals surface area contributed by atoms with Gasteiger partial charge in [-0.3, -0.25) is 0 Å². The lowest BCUT2D eigenvalue weighted by atomic mass is 10.2. The first kappa shape index (κ1) is 12.3. The first-order chi connectivity index (χ1) is 7.63. The molecule has 0 saturated carbocycles. The van der Waals surface area contributed by atoms with Crippen molar-refractivity contribution in [2.24, 2.45) is 0 Å². The molecule has 2 saturated heterocycles. The molecule has 0 radical (unpaired) electrons. The number of hydrogen-bond acceptors (Lipinski definition) is 4. The highest BCUT2D eigenvalue weighted by Crippen LogP contribution is 2.23. The summed E-state index contributed by atoms with van der Waals surface area (Å²) in [4.78, 5) is 0. The van der Waals surface area contributed by atoms with Gasteiger partial charge in [0.2, 0.25) is 10.0 Å². The van der Waals surface area contributed by atoms with Crippen molar-refractivity contribution in [2.45, 2.75) is 37.8 Å². The van der Waals surface area contributed by atoms with Gasteiger partial charge < -0.3 is 9.84 Å². The van der Waals surface area contributed by atoms with Gasteiger partial charge >= 0.3 is 0 Å². The second-order valence-corrected chi connectivity index (χ2v) is 6.47. The molecule has 6 heteroatoms. The van der Waals surface area contributed by atoms with Gasteiger partial charge in [0.15, 0.2) is 0 Å². The molecular weight excluding hydrogens is 230 g/mol. The summed E-state index contributed by atoms with van der Waals surface area (Å²) >= 11 is 0. The maximum atomic E-state index is 12.1. The Morgan fingerprint density at radius 3 is 2.75 bits per heavy atom. The van der Waals surface area contributed by atoms with Crippen LogP contribution in [-0.2, 0) is 14.8 Å². The Balaban J connectivity index is 2.00. The summed E-state index contributed by atoms with van der Waals surface area (Å²) in [7, 11) is -3.26. The zero-order valence-electron chi connectivity index (χ0n) is 9.34. The van der Waals surface area contributed by atoms with Crippen LogP contribution in [0.15, 0.2) is 0 Å². The Morgan fingerprint density at radius 2 is 2.12 bits per heavy atom. The van der Waals surface area contributed by atoms with Crippen LogP contribution in [0.5, 0.6) is 0 Å². The van der Waals surface area contributed by atoms with Gasteiger partial charge in [0.25, 0.3) is 0 Å². The van der Waals surface area contributed by atoms with Crippen molar-refractivity contribution in [3.63, 3.8) is 0 Å². The fraction of sp³-hybridized carbons (Fsp3) is 1.00. The van der Waals surface area contributed by atoms with E-state index in [1.807, 2.05) is 0 Å². The number of aliphatic hydroxyl groups is 1. The average Bonchev–Trinajstić information content (AvgIpc) is 2.85. The van der Waals surface area contributed by atoms with Crippen LogP contribution in [0.3, 0.4) is 0 Å². The number of hydrogen-bond donors (Lipinski definition) is 1. The van der Waals surface area contributed by atoms with Crippen LogP contribution in [0.4, 0.5) is 0 Å². The molecule has 2 heterocycles. The van der Waals surface area contributed by atoms with Gasteiger partial charge in [0.05, 0.1) is 18.5 Å². The van der Waals surface area contributed by atoms with E-state index >= 15 is 0 Å². The van der Waals surface area contributed by atoms with E-state index in [4.69, 9.17) is 9.84 Å². The van der Waals surface area contributed by atoms with Crippen molar-refractivity contribution in [3.8, 4) is 0 Å². The quantitative estimate of drug-likeness (QED) is 0.758. The van der Waals surface area contributed by atoms with Gasteiger partial charge in [-0.05, 0) is 25.7 Å². The first-order valence-corrected chi connectivity index (χ1v) is 7.46. The molecule has 0 aromatic carbocycles. The van der Waals surface area contributed by atoms with E-state index in [9.17, 15) is 8.42 Å². The van der Waals surface area contributed by atoms with Gasteiger partial charge in [0, 0.05) is 19.2 Å². The molecule has 16 heavy (non-hydrogen) atoms. The Labute approximate surface area is 96.4 Å². The largest absolute Gasteiger partial charge is 0.395 e. The minimum atomic E-state index is -3.26. The molecule has 0 aromatic rings. The van der Waals surface area contributed by atoms with Crippen LogP contribution in [0.25, 0.3) is 0 Å². The maximum Gasteiger partial charge on any atom is 0.216 e. The van der Waals surface area contributed by atoms with Crippen molar-refractivity contribution in [1.82, 2.24) is 4.31 Å². The van der Waals surface area contributed by atoms with Crippen molar-refractivity contribution < 1.29 is 18.3 Å². The molecule has 5 nitrogen and oxygen atoms in total. The average molecular weight is 249 g/mol. The lowest BCUT2D eigenvalue weighted by Crippen LogP contribution is -2.41. The summed E-state index contributed by atoms with van der Waals surface area (Å²) in [6.07, 6.45) is 3.24. The SMILES string of the molecule is O=S(=O)(CC1CCCO1)N1CCC[C@@H]1CO. The summed E-state index contributed by atoms with van der Waals surface area (Å²) in [6, 6.07) is -0.216. The third kappa shape index (κ3) is 2.56. The summed E-state index contributed by atoms with van der Waals surface area (Å²) < 4.78 is 31.0. The molecule has 2 atom stereocenters. The van der Waals surface area contributed by atoms with Crippen molar-refractivity contribution in [3.05, 3.63) is 0 Å². The minimum Gasteiger partial charge on any atom is -0.395 e. The van der Waals surface area contributed by atoms with E-state index < -0.39 is 10.0 Å². The molecule has 1 unspecified atom stereocenters. The Morgan fingerprint density at radius 1 is 1.31 bits per heavy atom. The number of ether oxygens (including phenoxy) is 1. The van der Waals surface area contributed by atoms with Gasteiger partial charge in [0.1, 0.15) is 0 Å². The van der Waals surface area contributed by atoms with E-state index in [-0.39, 0.29) is 24.5 Å². The number of rotatable bonds is 4. The van der Waals surface area contributed by atoms with E-state index in [1.165, 1.54) is 4.31 Å². The predicted molar refractivity (Wildman–Crippen MR) is 59.6 cm³/mol. The monoisotopic (exact) mass is 249 g/mol. The Bertz CT molecular complexity index is 324. The van der Waals surface area contributed by atoms with Gasteiger partial charge in [-0.25, -0.2) is 8.42 Å². The summed E-state index contributed by atoms with van der Waals surface area (Å²) in [5.74, 6) is 0.0729. The van der Waals surface area contributed by atoms with Crippen molar-refractivity contribution >= 4 is 10.0 Å². The van der Waals surface area contributed by atoms with Gasteiger partial charge in [-0.1, -0.05) is 0 Å². The molecule has 2 aliphatic heterocycles. The molecule has 2 rings (SSSR count). The number of aliphatic hydroxyl groups excluding tert-OH is 1. The lowest BCUT2D eigenvalue weighted by molar-refractivity contribution is 0.125. The third-order valence-corrected chi connectivity index (χ3v) is 5.30. The maximum absolute atomic E-state index is 12.1. The highest BCUT2D eigenvalue weighted by molar-refractivity contribution is 7.89. The molecule has 0 spiro atoms. The lowest BCUT2D eigenvalue weighted by Gasteiger charge is -2.23. The molecule has 2 fully saturated rings. The van der Waals surface area contributed by atoms with Crippen LogP contribution in [0.2, 0.25) is 0 Å². The zero-order valence-corrected chi connectivity index (χ0v) is 10.2. The second kappa shape index (κ2) is 5.00. The molecule has 0 bridgehead atoms. The number of nitrogens with zero attached hydrogens (tertiary/aromatic N) is 1. The molecule has 0 aliphatic carbocycles. The van der Waals surface area contributed by atoms with Gasteiger partial charge in [-0.15, -0.1) is 0 Å². The minimum absolute atomic E-state index is 0.0729. The standard InChI is InChI=1S/C10H19NO4S/c12-7-9-3-1-5-11(9)16(13,14)8-10-4-2-6-15-10/h9-10,12H,1-8H2/t9-,10?/m1/s1. The molecule has 1 N–H and O–H groups in total. The van der Waals surface area contributed by atoms with Crippen molar-refractivity contribution in [2.75, 3.05) is 25.5 Å². The molecule has 94 valence electrons. The van der Waals surface area contributed by atoms with E-state index in [1.54, 1.807) is 0 Å². The van der Waals surface area contributed by atoms with Crippen LogP contribution in [0, 0.1) is 0 Å². The van der Waals surface area contributed by atoms with Crippen molar-refractivity contribution in [1.29, 1.82) is 0 Å². The fourth-order valence-corrected chi connectivity index (χ4v) is 4.42. The first-order valence-electron chi connectivity index (χ1n) is 5.85. The van der Waals surface area contributed by atoms with E-state index in [2.05, 4.69) is 0 Å². The predicted octanol–water partition coefficient (Wildman–Crippen LogP) is -0.0481. The molecule has 0 amide bonds. The van der Waals surface area contributed by atoms with Crippen LogP contribution in [-0.4, -0.2) is 55.5 Å². The fourth-order valence-electron chi connectivity index (χ4n) is 2.46. The highest BCUT2D eigenvalue weighted by atomic mass is 32.2. The van der Waals surface area contributed by atoms with Crippen LogP contribution in [0.1, 0.15) is 25.7 Å². The molecule has 2 aliphatic rings. The second-order valence-electron chi connectivity index (χ2n) is 4.50. The van der Waals surface area contributed by atoms with Crippen LogP contribution < -0.4 is 0 Å². The molecule has 0 aromatic heterocycles. The summed E-state index contributed by atoms with van der Waals surface area (Å²) in [5.41, 5.74) is 0.